The predicted octanol–water partition coefficient (Wildman–Crippen LogP) is 3.92. The average Bonchev–Trinajstić information content (AvgIpc) is 3.00. The molecule has 4 rings (SSSR count). The van der Waals surface area contributed by atoms with E-state index in [1.807, 2.05) is 4.90 Å². The SMILES string of the molecule is COC(=O)N1CCN(c2ccc(C(=O)NC(CC(=O)O)c3ccc(F)cc3)cc2NC(=O)c2cccc(OC)c2)CC1. The summed E-state index contributed by atoms with van der Waals surface area (Å²) >= 11 is 0. The van der Waals surface area contributed by atoms with Gasteiger partial charge in [-0.3, -0.25) is 14.4 Å². The lowest BCUT2D eigenvalue weighted by molar-refractivity contribution is -0.137. The maximum absolute atomic E-state index is 13.4. The summed E-state index contributed by atoms with van der Waals surface area (Å²) in [7, 11) is 2.82. The van der Waals surface area contributed by atoms with Crippen molar-refractivity contribution in [2.45, 2.75) is 12.5 Å². The number of carbonyl (C=O) groups excluding carboxylic acids is 3. The summed E-state index contributed by atoms with van der Waals surface area (Å²) < 4.78 is 23.5. The monoisotopic (exact) mass is 578 g/mol. The second kappa shape index (κ2) is 13.5. The van der Waals surface area contributed by atoms with Gasteiger partial charge in [-0.1, -0.05) is 18.2 Å². The van der Waals surface area contributed by atoms with E-state index in [-0.39, 0.29) is 5.56 Å². The van der Waals surface area contributed by atoms with E-state index in [0.717, 1.165) is 0 Å². The molecule has 0 aromatic heterocycles. The van der Waals surface area contributed by atoms with Crippen molar-refractivity contribution in [3.63, 3.8) is 0 Å². The van der Waals surface area contributed by atoms with Gasteiger partial charge in [-0.15, -0.1) is 0 Å². The first kappa shape index (κ1) is 29.8. The molecule has 11 nitrogen and oxygen atoms in total. The molecule has 1 unspecified atom stereocenters. The number of anilines is 2. The maximum atomic E-state index is 13.4. The normalized spacial score (nSPS) is 13.6. The van der Waals surface area contributed by atoms with Crippen LogP contribution in [0.25, 0.3) is 0 Å². The van der Waals surface area contributed by atoms with Gasteiger partial charge < -0.3 is 35.0 Å². The van der Waals surface area contributed by atoms with Gasteiger partial charge in [0.1, 0.15) is 11.6 Å². The molecule has 3 N–H and O–H groups in total. The molecule has 3 aromatic rings. The van der Waals surface area contributed by atoms with Crippen LogP contribution in [0.3, 0.4) is 0 Å². The number of nitrogens with one attached hydrogen (secondary N) is 2. The summed E-state index contributed by atoms with van der Waals surface area (Å²) in [6, 6.07) is 15.7. The van der Waals surface area contributed by atoms with Crippen LogP contribution >= 0.6 is 0 Å². The molecule has 0 bridgehead atoms. The quantitative estimate of drug-likeness (QED) is 0.348. The Hall–Kier alpha value is -5.13. The summed E-state index contributed by atoms with van der Waals surface area (Å²) in [5, 5.41) is 15.0. The lowest BCUT2D eigenvalue weighted by atomic mass is 10.0. The largest absolute Gasteiger partial charge is 0.497 e. The fourth-order valence-corrected chi connectivity index (χ4v) is 4.63. The Balaban J connectivity index is 1.62. The molecular weight excluding hydrogens is 547 g/mol. The van der Waals surface area contributed by atoms with Crippen LogP contribution in [0.5, 0.6) is 5.75 Å². The third kappa shape index (κ3) is 7.33. The van der Waals surface area contributed by atoms with E-state index in [4.69, 9.17) is 9.47 Å². The molecule has 12 heteroatoms. The van der Waals surface area contributed by atoms with Crippen molar-refractivity contribution in [2.75, 3.05) is 50.6 Å². The van der Waals surface area contributed by atoms with Crippen LogP contribution in [-0.2, 0) is 9.53 Å². The van der Waals surface area contributed by atoms with Crippen molar-refractivity contribution >= 4 is 35.3 Å². The van der Waals surface area contributed by atoms with E-state index in [1.54, 1.807) is 41.3 Å². The standard InChI is InChI=1S/C30H31FN4O7/c1-41-23-5-3-4-20(16-23)28(38)33-25-17-21(8-11-26(25)34-12-14-35(15-13-34)30(40)42-2)29(39)32-24(18-27(36)37)19-6-9-22(31)10-7-19/h3-11,16-17,24H,12-15,18H2,1-2H3,(H,32,39)(H,33,38)(H,36,37). The summed E-state index contributed by atoms with van der Waals surface area (Å²) in [5.41, 5.74) is 1.92. The van der Waals surface area contributed by atoms with E-state index in [9.17, 15) is 28.7 Å². The number of carboxylic acids is 1. The van der Waals surface area contributed by atoms with Crippen LogP contribution in [0.15, 0.2) is 66.7 Å². The number of hydrogen-bond acceptors (Lipinski definition) is 7. The Labute approximate surface area is 241 Å². The predicted molar refractivity (Wildman–Crippen MR) is 152 cm³/mol. The first-order valence-electron chi connectivity index (χ1n) is 13.1. The second-order valence-corrected chi connectivity index (χ2v) is 9.54. The molecule has 0 radical (unpaired) electrons. The number of rotatable bonds is 9. The zero-order valence-corrected chi connectivity index (χ0v) is 23.1. The minimum Gasteiger partial charge on any atom is -0.497 e. The highest BCUT2D eigenvalue weighted by molar-refractivity contribution is 6.07. The van der Waals surface area contributed by atoms with Gasteiger partial charge in [0.2, 0.25) is 0 Å². The zero-order chi connectivity index (χ0) is 30.2. The molecule has 0 saturated carbocycles. The number of carbonyl (C=O) groups is 4. The molecule has 1 heterocycles. The number of nitrogens with zero attached hydrogens (tertiary/aromatic N) is 2. The van der Waals surface area contributed by atoms with Crippen LogP contribution in [0.2, 0.25) is 0 Å². The van der Waals surface area contributed by atoms with Gasteiger partial charge in [0.25, 0.3) is 11.8 Å². The molecule has 3 amide bonds. The molecule has 1 aliphatic rings. The van der Waals surface area contributed by atoms with Gasteiger partial charge in [-0.05, 0) is 54.1 Å². The van der Waals surface area contributed by atoms with Crippen LogP contribution in [0.1, 0.15) is 38.7 Å². The van der Waals surface area contributed by atoms with E-state index in [1.165, 1.54) is 44.6 Å². The lowest BCUT2D eigenvalue weighted by Crippen LogP contribution is -2.49. The van der Waals surface area contributed by atoms with Crippen LogP contribution in [-0.4, -0.2) is 74.3 Å². The smallest absolute Gasteiger partial charge is 0.409 e. The molecule has 1 saturated heterocycles. The Morgan fingerprint density at radius 3 is 2.24 bits per heavy atom. The average molecular weight is 579 g/mol. The van der Waals surface area contributed by atoms with Gasteiger partial charge in [-0.25, -0.2) is 9.18 Å². The Morgan fingerprint density at radius 1 is 0.905 bits per heavy atom. The third-order valence-electron chi connectivity index (χ3n) is 6.85. The molecular formula is C30H31FN4O7. The summed E-state index contributed by atoms with van der Waals surface area (Å²) in [5.74, 6) is -2.14. The maximum Gasteiger partial charge on any atom is 0.409 e. The number of carboxylic acid groups (broad SMARTS) is 1. The second-order valence-electron chi connectivity index (χ2n) is 9.54. The zero-order valence-electron chi connectivity index (χ0n) is 23.1. The Kier molecular flexibility index (Phi) is 9.58. The fraction of sp³-hybridized carbons (Fsp3) is 0.267. The van der Waals surface area contributed by atoms with Gasteiger partial charge >= 0.3 is 12.1 Å². The van der Waals surface area contributed by atoms with Crippen molar-refractivity contribution in [3.05, 3.63) is 89.2 Å². The van der Waals surface area contributed by atoms with Gasteiger partial charge in [-0.2, -0.15) is 0 Å². The topological polar surface area (TPSA) is 138 Å². The van der Waals surface area contributed by atoms with Crippen LogP contribution < -0.4 is 20.3 Å². The number of aliphatic carboxylic acids is 1. The Morgan fingerprint density at radius 2 is 1.60 bits per heavy atom. The first-order valence-corrected chi connectivity index (χ1v) is 13.1. The molecule has 3 aromatic carbocycles. The van der Waals surface area contributed by atoms with Gasteiger partial charge in [0.15, 0.2) is 0 Å². The van der Waals surface area contributed by atoms with Crippen molar-refractivity contribution in [3.8, 4) is 5.75 Å². The van der Waals surface area contributed by atoms with Gasteiger partial charge in [0.05, 0.1) is 38.1 Å². The molecule has 1 atom stereocenters. The number of benzene rings is 3. The molecule has 0 aliphatic carbocycles. The summed E-state index contributed by atoms with van der Waals surface area (Å²) in [4.78, 5) is 53.6. The first-order chi connectivity index (χ1) is 20.2. The van der Waals surface area contributed by atoms with Gasteiger partial charge in [0, 0.05) is 37.3 Å². The number of methoxy groups -OCH3 is 2. The minimum absolute atomic E-state index is 0.172. The highest BCUT2D eigenvalue weighted by Gasteiger charge is 2.25. The van der Waals surface area contributed by atoms with E-state index >= 15 is 0 Å². The molecule has 1 fully saturated rings. The number of halogens is 1. The third-order valence-corrected chi connectivity index (χ3v) is 6.85. The van der Waals surface area contributed by atoms with Crippen molar-refractivity contribution < 1.29 is 38.1 Å². The highest BCUT2D eigenvalue weighted by atomic mass is 19.1. The molecule has 220 valence electrons. The number of ether oxygens (including phenoxy) is 2. The van der Waals surface area contributed by atoms with Crippen molar-refractivity contribution in [2.24, 2.45) is 0 Å². The molecule has 1 aliphatic heterocycles. The summed E-state index contributed by atoms with van der Waals surface area (Å²) in [6.45, 7) is 1.70. The number of amides is 3. The Bertz CT molecular complexity index is 1460. The van der Waals surface area contributed by atoms with Crippen molar-refractivity contribution in [1.29, 1.82) is 0 Å². The lowest BCUT2D eigenvalue weighted by Gasteiger charge is -2.36. The van der Waals surface area contributed by atoms with Crippen molar-refractivity contribution in [1.82, 2.24) is 10.2 Å². The number of piperazine rings is 1. The van der Waals surface area contributed by atoms with Crippen LogP contribution in [0, 0.1) is 5.82 Å². The van der Waals surface area contributed by atoms with E-state index in [2.05, 4.69) is 10.6 Å². The highest BCUT2D eigenvalue weighted by Crippen LogP contribution is 2.30. The number of hydrogen-bond donors (Lipinski definition) is 3. The van der Waals surface area contributed by atoms with E-state index < -0.39 is 42.2 Å². The van der Waals surface area contributed by atoms with Crippen LogP contribution in [0.4, 0.5) is 20.6 Å². The molecule has 42 heavy (non-hydrogen) atoms. The minimum atomic E-state index is -1.14. The molecule has 0 spiro atoms. The fourth-order valence-electron chi connectivity index (χ4n) is 4.63. The summed E-state index contributed by atoms with van der Waals surface area (Å²) in [6.07, 6.45) is -0.843. The van der Waals surface area contributed by atoms with E-state index in [0.29, 0.717) is 54.4 Å².